The fourth-order valence-electron chi connectivity index (χ4n) is 6.87. The van der Waals surface area contributed by atoms with E-state index in [1.165, 1.54) is 44.1 Å². The minimum Gasteiger partial charge on any atom is -0.481 e. The van der Waals surface area contributed by atoms with E-state index in [1.807, 2.05) is 26.0 Å². The lowest BCUT2D eigenvalue weighted by Gasteiger charge is -2.57. The molecule has 0 aliphatic heterocycles. The second-order valence-corrected chi connectivity index (χ2v) is 10.3. The van der Waals surface area contributed by atoms with E-state index >= 15 is 0 Å². The third kappa shape index (κ3) is 3.75. The van der Waals surface area contributed by atoms with Crippen LogP contribution in [-0.4, -0.2) is 12.0 Å². The highest BCUT2D eigenvalue weighted by Crippen LogP contribution is 2.60. The van der Waals surface area contributed by atoms with E-state index in [0.29, 0.717) is 5.41 Å². The van der Waals surface area contributed by atoms with E-state index in [2.05, 4.69) is 35.6 Å². The van der Waals surface area contributed by atoms with E-state index in [1.54, 1.807) is 6.92 Å². The van der Waals surface area contributed by atoms with Gasteiger partial charge >= 0.3 is 0 Å². The largest absolute Gasteiger partial charge is 0.481 e. The zero-order chi connectivity index (χ0) is 20.9. The number of carbonyl (C=O) groups excluding carboxylic acids is 1. The molecule has 2 aromatic carbocycles. The molecule has 0 saturated heterocycles. The Labute approximate surface area is 180 Å². The van der Waals surface area contributed by atoms with Gasteiger partial charge in [0, 0.05) is 5.69 Å². The van der Waals surface area contributed by atoms with Crippen molar-refractivity contribution in [1.82, 2.24) is 0 Å². The molecule has 4 aliphatic carbocycles. The average molecular weight is 404 g/mol. The van der Waals surface area contributed by atoms with E-state index in [9.17, 15) is 4.79 Å². The maximum atomic E-state index is 12.7. The van der Waals surface area contributed by atoms with Crippen LogP contribution in [0.25, 0.3) is 0 Å². The summed E-state index contributed by atoms with van der Waals surface area (Å²) in [5, 5.41) is 3.03. The van der Waals surface area contributed by atoms with Crippen LogP contribution >= 0.6 is 0 Å². The molecule has 0 aromatic heterocycles. The standard InChI is InChI=1S/C27H33NO2/c1-17-8-18(2)10-25(9-17)30-19(3)26(29)28-24-6-4-23(5-7-24)27-14-20-11-21(15-27)13-22(12-20)16-27/h4-10,19-22H,11-16H2,1-3H3,(H,28,29)/t19-,20?,21?,22?,27?/m0/s1. The molecule has 2 aromatic rings. The van der Waals surface area contributed by atoms with Crippen LogP contribution < -0.4 is 10.1 Å². The van der Waals surface area contributed by atoms with Crippen LogP contribution in [0.15, 0.2) is 42.5 Å². The summed E-state index contributed by atoms with van der Waals surface area (Å²) in [6.07, 6.45) is 7.94. The molecule has 4 fully saturated rings. The summed E-state index contributed by atoms with van der Waals surface area (Å²) < 4.78 is 5.89. The Morgan fingerprint density at radius 2 is 1.47 bits per heavy atom. The van der Waals surface area contributed by atoms with Crippen LogP contribution in [-0.2, 0) is 10.2 Å². The van der Waals surface area contributed by atoms with Gasteiger partial charge in [-0.15, -0.1) is 0 Å². The normalized spacial score (nSPS) is 30.2. The number of hydrogen-bond donors (Lipinski definition) is 1. The van der Waals surface area contributed by atoms with Crippen molar-refractivity contribution in [3.05, 3.63) is 59.2 Å². The molecule has 158 valence electrons. The van der Waals surface area contributed by atoms with Gasteiger partial charge in [-0.2, -0.15) is 0 Å². The number of benzene rings is 2. The Kier molecular flexibility index (Phi) is 4.88. The lowest BCUT2D eigenvalue weighted by atomic mass is 9.48. The van der Waals surface area contributed by atoms with Crippen molar-refractivity contribution in [2.24, 2.45) is 17.8 Å². The van der Waals surface area contributed by atoms with Gasteiger partial charge in [-0.05, 0) is 123 Å². The van der Waals surface area contributed by atoms with Crippen LogP contribution in [0, 0.1) is 31.6 Å². The molecular formula is C27H33NO2. The highest BCUT2D eigenvalue weighted by Gasteiger charge is 2.51. The molecule has 3 nitrogen and oxygen atoms in total. The Bertz CT molecular complexity index is 890. The third-order valence-corrected chi connectivity index (χ3v) is 7.68. The number of aryl methyl sites for hydroxylation is 2. The minimum absolute atomic E-state index is 0.114. The van der Waals surface area contributed by atoms with Crippen LogP contribution in [0.4, 0.5) is 5.69 Å². The van der Waals surface area contributed by atoms with Crippen molar-refractivity contribution in [2.45, 2.75) is 70.8 Å². The lowest BCUT2D eigenvalue weighted by molar-refractivity contribution is -0.122. The van der Waals surface area contributed by atoms with Gasteiger partial charge in [-0.25, -0.2) is 0 Å². The number of anilines is 1. The lowest BCUT2D eigenvalue weighted by Crippen LogP contribution is -2.48. The minimum atomic E-state index is -0.547. The fourth-order valence-corrected chi connectivity index (χ4v) is 6.87. The molecule has 1 amide bonds. The Hall–Kier alpha value is -2.29. The van der Waals surface area contributed by atoms with Crippen molar-refractivity contribution in [2.75, 3.05) is 5.32 Å². The number of rotatable bonds is 5. The van der Waals surface area contributed by atoms with Gasteiger partial charge in [0.05, 0.1) is 0 Å². The number of amides is 1. The van der Waals surface area contributed by atoms with Crippen molar-refractivity contribution in [1.29, 1.82) is 0 Å². The van der Waals surface area contributed by atoms with Gasteiger partial charge in [0.15, 0.2) is 6.10 Å². The van der Waals surface area contributed by atoms with Crippen molar-refractivity contribution < 1.29 is 9.53 Å². The first-order chi connectivity index (χ1) is 14.4. The van der Waals surface area contributed by atoms with Gasteiger partial charge in [-0.3, -0.25) is 4.79 Å². The first kappa shape index (κ1) is 19.7. The molecule has 0 spiro atoms. The summed E-state index contributed by atoms with van der Waals surface area (Å²) in [6, 6.07) is 14.7. The summed E-state index contributed by atoms with van der Waals surface area (Å²) in [6.45, 7) is 5.88. The topological polar surface area (TPSA) is 38.3 Å². The SMILES string of the molecule is Cc1cc(C)cc(O[C@@H](C)C(=O)Nc2ccc(C34CC5CC(CC(C5)C3)C4)cc2)c1. The molecule has 6 rings (SSSR count). The van der Waals surface area contributed by atoms with Gasteiger partial charge in [0.25, 0.3) is 5.91 Å². The highest BCUT2D eigenvalue weighted by molar-refractivity contribution is 5.94. The molecule has 4 bridgehead atoms. The molecule has 30 heavy (non-hydrogen) atoms. The van der Waals surface area contributed by atoms with Crippen molar-refractivity contribution in [3.63, 3.8) is 0 Å². The fraction of sp³-hybridized carbons (Fsp3) is 0.519. The maximum Gasteiger partial charge on any atom is 0.265 e. The smallest absolute Gasteiger partial charge is 0.265 e. The third-order valence-electron chi connectivity index (χ3n) is 7.68. The van der Waals surface area contributed by atoms with Crippen LogP contribution in [0.2, 0.25) is 0 Å². The Morgan fingerprint density at radius 3 is 2.00 bits per heavy atom. The molecule has 1 atom stereocenters. The summed E-state index contributed by atoms with van der Waals surface area (Å²) in [5.74, 6) is 3.46. The second-order valence-electron chi connectivity index (χ2n) is 10.3. The van der Waals surface area contributed by atoms with Crippen molar-refractivity contribution >= 4 is 11.6 Å². The molecule has 0 radical (unpaired) electrons. The van der Waals surface area contributed by atoms with Crippen LogP contribution in [0.5, 0.6) is 5.75 Å². The monoisotopic (exact) mass is 403 g/mol. The van der Waals surface area contributed by atoms with E-state index in [-0.39, 0.29) is 5.91 Å². The van der Waals surface area contributed by atoms with Crippen LogP contribution in [0.1, 0.15) is 62.1 Å². The zero-order valence-corrected chi connectivity index (χ0v) is 18.4. The molecule has 1 N–H and O–H groups in total. The first-order valence-electron chi connectivity index (χ1n) is 11.5. The summed E-state index contributed by atoms with van der Waals surface area (Å²) in [4.78, 5) is 12.7. The highest BCUT2D eigenvalue weighted by atomic mass is 16.5. The number of ether oxygens (including phenoxy) is 1. The number of hydrogen-bond acceptors (Lipinski definition) is 2. The molecule has 3 heteroatoms. The van der Waals surface area contributed by atoms with E-state index in [0.717, 1.165) is 40.3 Å². The van der Waals surface area contributed by atoms with E-state index < -0.39 is 6.10 Å². The Balaban J connectivity index is 1.24. The molecule has 0 unspecified atom stereocenters. The van der Waals surface area contributed by atoms with E-state index in [4.69, 9.17) is 4.74 Å². The number of carbonyl (C=O) groups is 1. The predicted molar refractivity (Wildman–Crippen MR) is 121 cm³/mol. The molecule has 4 saturated carbocycles. The predicted octanol–water partition coefficient (Wildman–Crippen LogP) is 6.18. The summed E-state index contributed by atoms with van der Waals surface area (Å²) in [7, 11) is 0. The molecule has 0 heterocycles. The van der Waals surface area contributed by atoms with Gasteiger partial charge in [0.1, 0.15) is 5.75 Å². The maximum absolute atomic E-state index is 12.7. The first-order valence-corrected chi connectivity index (χ1v) is 11.5. The average Bonchev–Trinajstić information content (AvgIpc) is 2.66. The number of nitrogens with one attached hydrogen (secondary N) is 1. The zero-order valence-electron chi connectivity index (χ0n) is 18.4. The van der Waals surface area contributed by atoms with Crippen LogP contribution in [0.3, 0.4) is 0 Å². The second kappa shape index (κ2) is 7.44. The molecule has 4 aliphatic rings. The van der Waals surface area contributed by atoms with Gasteiger partial charge in [-0.1, -0.05) is 18.2 Å². The quantitative estimate of drug-likeness (QED) is 0.647. The summed E-state index contributed by atoms with van der Waals surface area (Å²) >= 11 is 0. The van der Waals surface area contributed by atoms with Crippen molar-refractivity contribution in [3.8, 4) is 5.75 Å². The summed E-state index contributed by atoms with van der Waals surface area (Å²) in [5.41, 5.74) is 5.01. The van der Waals surface area contributed by atoms with Gasteiger partial charge in [0.2, 0.25) is 0 Å². The Morgan fingerprint density at radius 1 is 0.933 bits per heavy atom. The van der Waals surface area contributed by atoms with Gasteiger partial charge < -0.3 is 10.1 Å². The molecular weight excluding hydrogens is 370 g/mol.